The predicted molar refractivity (Wildman–Crippen MR) is 113 cm³/mol. The maximum Gasteiger partial charge on any atom is 0.252 e. The van der Waals surface area contributed by atoms with Crippen LogP contribution in [0.1, 0.15) is 55.5 Å². The molecule has 1 saturated heterocycles. The minimum Gasteiger partial charge on any atom is -0.384 e. The molecule has 6 heteroatoms. The monoisotopic (exact) mass is 382 g/mol. The number of anilines is 3. The summed E-state index contributed by atoms with van der Waals surface area (Å²) in [5.41, 5.74) is 8.96. The molecule has 1 amide bonds. The molecule has 2 aromatic rings. The van der Waals surface area contributed by atoms with E-state index in [-0.39, 0.29) is 5.41 Å². The zero-order chi connectivity index (χ0) is 20.1. The van der Waals surface area contributed by atoms with E-state index in [4.69, 9.17) is 10.5 Å². The third-order valence-corrected chi connectivity index (χ3v) is 4.85. The summed E-state index contributed by atoms with van der Waals surface area (Å²) in [5.74, 6) is 0.750. The number of benzene rings is 1. The molecule has 150 valence electrons. The summed E-state index contributed by atoms with van der Waals surface area (Å²) >= 11 is 0. The lowest BCUT2D eigenvalue weighted by molar-refractivity contribution is 0.0853. The number of aromatic nitrogens is 1. The molecule has 1 aliphatic heterocycles. The van der Waals surface area contributed by atoms with Crippen LogP contribution in [0.15, 0.2) is 36.5 Å². The van der Waals surface area contributed by atoms with Gasteiger partial charge >= 0.3 is 0 Å². The maximum atomic E-state index is 11.7. The van der Waals surface area contributed by atoms with Gasteiger partial charge in [-0.3, -0.25) is 4.79 Å². The molecular weight excluding hydrogens is 352 g/mol. The largest absolute Gasteiger partial charge is 0.384 e. The number of pyridine rings is 1. The lowest BCUT2D eigenvalue weighted by atomic mass is 9.92. The number of ether oxygens (including phenoxy) is 1. The van der Waals surface area contributed by atoms with Gasteiger partial charge in [0.25, 0.3) is 5.91 Å². The first-order valence-corrected chi connectivity index (χ1v) is 9.80. The number of nitrogens with one attached hydrogen (secondary N) is 2. The topological polar surface area (TPSA) is 89.3 Å². The van der Waals surface area contributed by atoms with Gasteiger partial charge in [0, 0.05) is 37.7 Å². The predicted octanol–water partition coefficient (Wildman–Crippen LogP) is 4.28. The van der Waals surface area contributed by atoms with Gasteiger partial charge in [0.2, 0.25) is 0 Å². The summed E-state index contributed by atoms with van der Waals surface area (Å²) in [5, 5.41) is 6.63. The summed E-state index contributed by atoms with van der Waals surface area (Å²) in [6.45, 7) is 8.78. The molecule has 1 aromatic heterocycles. The molecule has 2 heterocycles. The zero-order valence-corrected chi connectivity index (χ0v) is 16.9. The van der Waals surface area contributed by atoms with Gasteiger partial charge in [-0.25, -0.2) is 4.98 Å². The molecule has 4 N–H and O–H groups in total. The molecule has 28 heavy (non-hydrogen) atoms. The first kappa shape index (κ1) is 20.1. The number of hydrogen-bond donors (Lipinski definition) is 3. The van der Waals surface area contributed by atoms with Crippen LogP contribution in [-0.4, -0.2) is 30.6 Å². The third kappa shape index (κ3) is 5.45. The van der Waals surface area contributed by atoms with Crippen LogP contribution in [0.3, 0.4) is 0 Å². The molecule has 6 nitrogen and oxygen atoms in total. The number of carbonyl (C=O) groups excluding carboxylic acids is 1. The first-order valence-electron chi connectivity index (χ1n) is 9.80. The van der Waals surface area contributed by atoms with Crippen molar-refractivity contribution in [1.29, 1.82) is 0 Å². The second-order valence-corrected chi connectivity index (χ2v) is 8.53. The van der Waals surface area contributed by atoms with Gasteiger partial charge in [-0.05, 0) is 41.9 Å². The van der Waals surface area contributed by atoms with Gasteiger partial charge in [-0.2, -0.15) is 0 Å². The van der Waals surface area contributed by atoms with Crippen LogP contribution in [0.4, 0.5) is 17.2 Å². The number of nitrogens with two attached hydrogens (primary N) is 1. The van der Waals surface area contributed by atoms with Crippen molar-refractivity contribution in [2.45, 2.75) is 39.5 Å². The standard InChI is InChI=1S/C22H30N4O2/c1-22(2,3)14-25-19-12-20(24-13-18(19)21(23)27)26-17-6-4-15(5-7-17)16-8-10-28-11-9-16/h4-7,12-13,16H,8-11,14H2,1-3H3,(H2,23,27)(H2,24,25,26). The molecule has 0 spiro atoms. The highest BCUT2D eigenvalue weighted by Crippen LogP contribution is 2.29. The maximum absolute atomic E-state index is 11.7. The Morgan fingerprint density at radius 2 is 1.89 bits per heavy atom. The number of amides is 1. The Hall–Kier alpha value is -2.60. The second-order valence-electron chi connectivity index (χ2n) is 8.53. The van der Waals surface area contributed by atoms with Crippen LogP contribution in [0.5, 0.6) is 0 Å². The van der Waals surface area contributed by atoms with Crippen molar-refractivity contribution in [2.24, 2.45) is 11.1 Å². The second kappa shape index (κ2) is 8.61. The molecule has 0 saturated carbocycles. The third-order valence-electron chi connectivity index (χ3n) is 4.85. The van der Waals surface area contributed by atoms with Crippen molar-refractivity contribution in [1.82, 2.24) is 4.98 Å². The van der Waals surface area contributed by atoms with Crippen LogP contribution in [-0.2, 0) is 4.74 Å². The van der Waals surface area contributed by atoms with E-state index in [1.165, 1.54) is 11.8 Å². The minimum absolute atomic E-state index is 0.0752. The smallest absolute Gasteiger partial charge is 0.252 e. The van der Waals surface area contributed by atoms with E-state index >= 15 is 0 Å². The first-order chi connectivity index (χ1) is 13.3. The average Bonchev–Trinajstić information content (AvgIpc) is 2.67. The van der Waals surface area contributed by atoms with Gasteiger partial charge < -0.3 is 21.1 Å². The van der Waals surface area contributed by atoms with E-state index in [0.29, 0.717) is 23.0 Å². The molecule has 0 unspecified atom stereocenters. The Labute approximate surface area is 166 Å². The van der Waals surface area contributed by atoms with Gasteiger partial charge in [0.15, 0.2) is 0 Å². The highest BCUT2D eigenvalue weighted by molar-refractivity contribution is 5.98. The number of hydrogen-bond acceptors (Lipinski definition) is 5. The number of carbonyl (C=O) groups is 1. The van der Waals surface area contributed by atoms with Gasteiger partial charge in [0.05, 0.1) is 11.3 Å². The molecule has 1 aliphatic rings. The molecule has 0 atom stereocenters. The van der Waals surface area contributed by atoms with Crippen molar-refractivity contribution in [2.75, 3.05) is 30.4 Å². The van der Waals surface area contributed by atoms with E-state index in [9.17, 15) is 4.79 Å². The van der Waals surface area contributed by atoms with Crippen molar-refractivity contribution in [3.05, 3.63) is 47.7 Å². The summed E-state index contributed by atoms with van der Waals surface area (Å²) in [6.07, 6.45) is 3.67. The Morgan fingerprint density at radius 1 is 1.21 bits per heavy atom. The minimum atomic E-state index is -0.490. The molecule has 1 aromatic carbocycles. The van der Waals surface area contributed by atoms with Crippen LogP contribution in [0.2, 0.25) is 0 Å². The van der Waals surface area contributed by atoms with Crippen molar-refractivity contribution < 1.29 is 9.53 Å². The summed E-state index contributed by atoms with van der Waals surface area (Å²) < 4.78 is 5.44. The van der Waals surface area contributed by atoms with E-state index in [0.717, 1.165) is 38.3 Å². The van der Waals surface area contributed by atoms with Crippen molar-refractivity contribution in [3.63, 3.8) is 0 Å². The Balaban J connectivity index is 1.73. The number of rotatable bonds is 6. The molecule has 3 rings (SSSR count). The highest BCUT2D eigenvalue weighted by atomic mass is 16.5. The molecular formula is C22H30N4O2. The fraction of sp³-hybridized carbons (Fsp3) is 0.455. The van der Waals surface area contributed by atoms with E-state index in [1.54, 1.807) is 0 Å². The van der Waals surface area contributed by atoms with Crippen molar-refractivity contribution in [3.8, 4) is 0 Å². The summed E-state index contributed by atoms with van der Waals surface area (Å²) in [7, 11) is 0. The van der Waals surface area contributed by atoms with Crippen LogP contribution >= 0.6 is 0 Å². The van der Waals surface area contributed by atoms with Gasteiger partial charge in [-0.1, -0.05) is 32.9 Å². The van der Waals surface area contributed by atoms with Crippen molar-refractivity contribution >= 4 is 23.1 Å². The summed E-state index contributed by atoms with van der Waals surface area (Å²) in [4.78, 5) is 16.1. The van der Waals surface area contributed by atoms with Crippen LogP contribution in [0, 0.1) is 5.41 Å². The van der Waals surface area contributed by atoms with E-state index in [2.05, 4.69) is 60.7 Å². The van der Waals surface area contributed by atoms with E-state index in [1.807, 2.05) is 6.07 Å². The Bertz CT molecular complexity index is 806. The van der Waals surface area contributed by atoms with Gasteiger partial charge in [-0.15, -0.1) is 0 Å². The molecule has 0 radical (unpaired) electrons. The molecule has 1 fully saturated rings. The van der Waals surface area contributed by atoms with Gasteiger partial charge in [0.1, 0.15) is 5.82 Å². The SMILES string of the molecule is CC(C)(C)CNc1cc(Nc2ccc(C3CCOCC3)cc2)ncc1C(N)=O. The molecule has 0 bridgehead atoms. The van der Waals surface area contributed by atoms with Crippen LogP contribution < -0.4 is 16.4 Å². The lowest BCUT2D eigenvalue weighted by Gasteiger charge is -2.22. The number of primary amides is 1. The van der Waals surface area contributed by atoms with Crippen LogP contribution in [0.25, 0.3) is 0 Å². The zero-order valence-electron chi connectivity index (χ0n) is 16.9. The highest BCUT2D eigenvalue weighted by Gasteiger charge is 2.16. The average molecular weight is 383 g/mol. The normalized spacial score (nSPS) is 15.2. The summed E-state index contributed by atoms with van der Waals surface area (Å²) in [6, 6.07) is 10.3. The van der Waals surface area contributed by atoms with E-state index < -0.39 is 5.91 Å². The lowest BCUT2D eigenvalue weighted by Crippen LogP contribution is -2.22. The number of nitrogens with zero attached hydrogens (tertiary/aromatic N) is 1. The Morgan fingerprint density at radius 3 is 2.50 bits per heavy atom. The fourth-order valence-electron chi connectivity index (χ4n) is 3.24. The Kier molecular flexibility index (Phi) is 6.19. The quantitative estimate of drug-likeness (QED) is 0.694. The molecule has 0 aliphatic carbocycles. The fourth-order valence-corrected chi connectivity index (χ4v) is 3.24.